The van der Waals surface area contributed by atoms with E-state index in [1.165, 1.54) is 31.2 Å². The maximum atomic E-state index is 13.0. The molecule has 1 aliphatic carbocycles. The quantitative estimate of drug-likeness (QED) is 0.865. The van der Waals surface area contributed by atoms with Crippen molar-refractivity contribution in [2.24, 2.45) is 5.92 Å². The Morgan fingerprint density at radius 1 is 1.17 bits per heavy atom. The molecular weight excluding hydrogens is 288 g/mol. The van der Waals surface area contributed by atoms with E-state index < -0.39 is 0 Å². The largest absolute Gasteiger partial charge is 0.383 e. The van der Waals surface area contributed by atoms with Crippen LogP contribution in [0, 0.1) is 5.92 Å². The highest BCUT2D eigenvalue weighted by Crippen LogP contribution is 2.32. The fourth-order valence-corrected chi connectivity index (χ4v) is 4.04. The van der Waals surface area contributed by atoms with Crippen LogP contribution in [0.5, 0.6) is 0 Å². The van der Waals surface area contributed by atoms with Crippen molar-refractivity contribution in [1.29, 1.82) is 0 Å². The molecule has 0 spiro atoms. The Labute approximate surface area is 139 Å². The van der Waals surface area contributed by atoms with Crippen molar-refractivity contribution in [2.45, 2.75) is 51.1 Å². The molecule has 23 heavy (non-hydrogen) atoms. The first-order valence-corrected chi connectivity index (χ1v) is 8.91. The number of carbonyl (C=O) groups is 1. The number of hydrogen-bond acceptors (Lipinski definition) is 3. The van der Waals surface area contributed by atoms with E-state index in [4.69, 9.17) is 4.74 Å². The monoisotopic (exact) mass is 316 g/mol. The summed E-state index contributed by atoms with van der Waals surface area (Å²) in [5.41, 5.74) is 2.17. The number of carbonyl (C=O) groups excluding carboxylic acids is 1. The minimum absolute atomic E-state index is 0.0318. The molecule has 1 aliphatic heterocycles. The lowest BCUT2D eigenvalue weighted by atomic mass is 9.90. The van der Waals surface area contributed by atoms with Crippen LogP contribution < -0.4 is 5.32 Å². The van der Waals surface area contributed by atoms with Gasteiger partial charge in [-0.1, -0.05) is 43.9 Å². The molecule has 1 atom stereocenters. The Kier molecular flexibility index (Phi) is 5.68. The van der Waals surface area contributed by atoms with E-state index in [1.807, 2.05) is 18.2 Å². The normalized spacial score (nSPS) is 23.7. The molecule has 1 aromatic carbocycles. The lowest BCUT2D eigenvalue weighted by Gasteiger charge is -2.34. The first kappa shape index (κ1) is 16.5. The summed E-state index contributed by atoms with van der Waals surface area (Å²) in [6.45, 7) is 2.29. The average Bonchev–Trinajstić information content (AvgIpc) is 2.89. The topological polar surface area (TPSA) is 41.6 Å². The summed E-state index contributed by atoms with van der Waals surface area (Å²) in [5.74, 6) is 0.627. The first-order chi connectivity index (χ1) is 11.3. The van der Waals surface area contributed by atoms with E-state index in [-0.39, 0.29) is 11.9 Å². The maximum absolute atomic E-state index is 13.0. The Morgan fingerprint density at radius 2 is 1.91 bits per heavy atom. The van der Waals surface area contributed by atoms with E-state index in [9.17, 15) is 4.79 Å². The molecule has 0 bridgehead atoms. The molecule has 0 saturated heterocycles. The molecular formula is C19H28N2O2. The molecule has 4 nitrogen and oxygen atoms in total. The van der Waals surface area contributed by atoms with Crippen LogP contribution in [0.4, 0.5) is 5.69 Å². The number of ether oxygens (including phenoxy) is 1. The molecule has 1 unspecified atom stereocenters. The molecule has 1 saturated carbocycles. The lowest BCUT2D eigenvalue weighted by molar-refractivity contribution is -0.123. The van der Waals surface area contributed by atoms with Crippen molar-refractivity contribution in [3.63, 3.8) is 0 Å². The zero-order valence-electron chi connectivity index (χ0n) is 14.1. The summed E-state index contributed by atoms with van der Waals surface area (Å²) in [6, 6.07) is 8.13. The van der Waals surface area contributed by atoms with Crippen LogP contribution in [0.3, 0.4) is 0 Å². The second-order valence-electron chi connectivity index (χ2n) is 6.81. The summed E-state index contributed by atoms with van der Waals surface area (Å²) in [6.07, 6.45) is 7.45. The molecule has 1 aromatic rings. The number of anilines is 1. The van der Waals surface area contributed by atoms with Gasteiger partial charge in [-0.3, -0.25) is 9.69 Å². The van der Waals surface area contributed by atoms with Crippen LogP contribution in [0.15, 0.2) is 24.3 Å². The van der Waals surface area contributed by atoms with Gasteiger partial charge in [-0.2, -0.15) is 0 Å². The Bertz CT molecular complexity index is 524. The molecule has 126 valence electrons. The van der Waals surface area contributed by atoms with E-state index in [1.54, 1.807) is 7.11 Å². The number of benzene rings is 1. The van der Waals surface area contributed by atoms with Gasteiger partial charge in [0.05, 0.1) is 12.6 Å². The van der Waals surface area contributed by atoms with Gasteiger partial charge in [0, 0.05) is 25.9 Å². The maximum Gasteiger partial charge on any atom is 0.242 e. The Hall–Kier alpha value is -1.39. The summed E-state index contributed by atoms with van der Waals surface area (Å²) in [4.78, 5) is 15.3. The van der Waals surface area contributed by atoms with Crippen molar-refractivity contribution in [3.05, 3.63) is 29.8 Å². The molecule has 4 heteroatoms. The summed E-state index contributed by atoms with van der Waals surface area (Å²) in [7, 11) is 1.73. The number of hydrogen-bond donors (Lipinski definition) is 1. The number of nitrogens with one attached hydrogen (secondary N) is 1. The number of rotatable bonds is 4. The summed E-state index contributed by atoms with van der Waals surface area (Å²) >= 11 is 0. The third-order valence-electron chi connectivity index (χ3n) is 5.24. The number of para-hydroxylation sites is 1. The van der Waals surface area contributed by atoms with Gasteiger partial charge < -0.3 is 10.1 Å². The number of amides is 1. The highest BCUT2D eigenvalue weighted by atomic mass is 16.5. The third-order valence-corrected chi connectivity index (χ3v) is 5.24. The van der Waals surface area contributed by atoms with E-state index in [2.05, 4.69) is 16.3 Å². The first-order valence-electron chi connectivity index (χ1n) is 8.91. The van der Waals surface area contributed by atoms with Crippen molar-refractivity contribution in [1.82, 2.24) is 4.90 Å². The molecule has 0 radical (unpaired) electrons. The molecule has 3 rings (SSSR count). The zero-order valence-corrected chi connectivity index (χ0v) is 14.1. The minimum Gasteiger partial charge on any atom is -0.383 e. The van der Waals surface area contributed by atoms with Crippen LogP contribution in [0.2, 0.25) is 0 Å². The van der Waals surface area contributed by atoms with Gasteiger partial charge in [0.15, 0.2) is 0 Å². The van der Waals surface area contributed by atoms with Gasteiger partial charge in [0.2, 0.25) is 5.91 Å². The van der Waals surface area contributed by atoms with Crippen molar-refractivity contribution >= 4 is 11.6 Å². The van der Waals surface area contributed by atoms with E-state index in [0.29, 0.717) is 12.5 Å². The van der Waals surface area contributed by atoms with Crippen LogP contribution in [0.1, 0.15) is 44.1 Å². The van der Waals surface area contributed by atoms with Gasteiger partial charge in [0.25, 0.3) is 0 Å². The van der Waals surface area contributed by atoms with Gasteiger partial charge in [0.1, 0.15) is 0 Å². The summed E-state index contributed by atoms with van der Waals surface area (Å²) in [5, 5.41) is 3.18. The van der Waals surface area contributed by atoms with E-state index >= 15 is 0 Å². The fourth-order valence-electron chi connectivity index (χ4n) is 4.04. The fraction of sp³-hybridized carbons (Fsp3) is 0.632. The standard InChI is InChI=1S/C19H28N2O2/c1-23-13-12-21-14-16-10-6-7-11-17(16)20-19(22)18(21)15-8-4-2-3-5-9-15/h6-7,10-11,15,18H,2-5,8-9,12-14H2,1H3,(H,20,22). The molecule has 1 N–H and O–H groups in total. The van der Waals surface area contributed by atoms with Gasteiger partial charge >= 0.3 is 0 Å². The Balaban J connectivity index is 1.86. The second kappa shape index (κ2) is 7.93. The van der Waals surface area contributed by atoms with Crippen molar-refractivity contribution in [2.75, 3.05) is 25.6 Å². The summed E-state index contributed by atoms with van der Waals surface area (Å²) < 4.78 is 5.30. The molecule has 2 aliphatic rings. The van der Waals surface area contributed by atoms with Crippen LogP contribution in [0.25, 0.3) is 0 Å². The molecule has 0 aromatic heterocycles. The van der Waals surface area contributed by atoms with Crippen molar-refractivity contribution in [3.8, 4) is 0 Å². The molecule has 1 fully saturated rings. The van der Waals surface area contributed by atoms with Gasteiger partial charge in [-0.15, -0.1) is 0 Å². The smallest absolute Gasteiger partial charge is 0.242 e. The second-order valence-corrected chi connectivity index (χ2v) is 6.81. The molecule has 1 heterocycles. The zero-order chi connectivity index (χ0) is 16.1. The number of nitrogens with zero attached hydrogens (tertiary/aromatic N) is 1. The van der Waals surface area contributed by atoms with Gasteiger partial charge in [-0.25, -0.2) is 0 Å². The highest BCUT2D eigenvalue weighted by molar-refractivity contribution is 5.96. The minimum atomic E-state index is -0.0318. The van der Waals surface area contributed by atoms with Gasteiger partial charge in [-0.05, 0) is 30.4 Å². The Morgan fingerprint density at radius 3 is 2.65 bits per heavy atom. The lowest BCUT2D eigenvalue weighted by Crippen LogP contribution is -2.48. The number of fused-ring (bicyclic) bond motifs is 1. The van der Waals surface area contributed by atoms with Crippen LogP contribution in [-0.2, 0) is 16.1 Å². The van der Waals surface area contributed by atoms with Crippen LogP contribution >= 0.6 is 0 Å². The third kappa shape index (κ3) is 3.93. The average molecular weight is 316 g/mol. The molecule has 1 amide bonds. The van der Waals surface area contributed by atoms with E-state index in [0.717, 1.165) is 31.6 Å². The number of methoxy groups -OCH3 is 1. The van der Waals surface area contributed by atoms with Crippen LogP contribution in [-0.4, -0.2) is 37.1 Å². The predicted octanol–water partition coefficient (Wildman–Crippen LogP) is 3.43. The highest BCUT2D eigenvalue weighted by Gasteiger charge is 2.36. The predicted molar refractivity (Wildman–Crippen MR) is 92.3 cm³/mol. The van der Waals surface area contributed by atoms with Crippen molar-refractivity contribution < 1.29 is 9.53 Å². The SMILES string of the molecule is COCCN1Cc2ccccc2NC(=O)C1C1CCCCCC1.